The van der Waals surface area contributed by atoms with E-state index in [2.05, 4.69) is 10.2 Å². The maximum Gasteiger partial charge on any atom is 0.153 e. The van der Waals surface area contributed by atoms with Crippen molar-refractivity contribution in [2.24, 2.45) is 0 Å². The minimum absolute atomic E-state index is 0.194. The summed E-state index contributed by atoms with van der Waals surface area (Å²) in [7, 11) is 0. The van der Waals surface area contributed by atoms with Crippen molar-refractivity contribution < 1.29 is 9.90 Å². The lowest BCUT2D eigenvalue weighted by Crippen LogP contribution is -1.88. The highest BCUT2D eigenvalue weighted by molar-refractivity contribution is 6.06. The third-order valence-corrected chi connectivity index (χ3v) is 1.18. The van der Waals surface area contributed by atoms with Crippen LogP contribution in [0, 0.1) is 0 Å². The molecule has 0 unspecified atom stereocenters. The van der Waals surface area contributed by atoms with E-state index in [4.69, 9.17) is 5.11 Å². The fraction of sp³-hybridized carbons (Fsp3) is 0. The number of hydrogen-bond acceptors (Lipinski definition) is 4. The van der Waals surface area contributed by atoms with Gasteiger partial charge in [-0.05, 0) is 6.07 Å². The van der Waals surface area contributed by atoms with Gasteiger partial charge in [-0.3, -0.25) is 4.79 Å². The van der Waals surface area contributed by atoms with Crippen LogP contribution in [-0.4, -0.2) is 21.6 Å². The second kappa shape index (κ2) is 3.46. The molecule has 1 rings (SSSR count). The van der Waals surface area contributed by atoms with E-state index < -0.39 is 0 Å². The Labute approximate surface area is 63.2 Å². The van der Waals surface area contributed by atoms with Crippen LogP contribution in [0.25, 0.3) is 5.57 Å². The number of carbonyl (C=O) groups excluding carboxylic acids is 1. The standard InChI is InChI=1S/C7H6N2O2/c10-4-7(5-11)6-1-2-8-9-3-6/h1-5,10H/b7-4+. The SMILES string of the molecule is O=C/C(=C\O)c1ccnnc1. The molecule has 0 atom stereocenters. The number of nitrogens with zero attached hydrogens (tertiary/aromatic N) is 2. The van der Waals surface area contributed by atoms with Crippen LogP contribution in [0.4, 0.5) is 0 Å². The Kier molecular flexibility index (Phi) is 2.32. The van der Waals surface area contributed by atoms with Gasteiger partial charge in [-0.25, -0.2) is 0 Å². The van der Waals surface area contributed by atoms with Crippen molar-refractivity contribution in [3.05, 3.63) is 30.3 Å². The summed E-state index contributed by atoms with van der Waals surface area (Å²) in [5.74, 6) is 0. The smallest absolute Gasteiger partial charge is 0.153 e. The van der Waals surface area contributed by atoms with E-state index in [1.54, 1.807) is 6.07 Å². The second-order valence-corrected chi connectivity index (χ2v) is 1.83. The van der Waals surface area contributed by atoms with Gasteiger partial charge < -0.3 is 5.11 Å². The van der Waals surface area contributed by atoms with E-state index in [0.29, 0.717) is 11.8 Å². The maximum absolute atomic E-state index is 10.3. The average Bonchev–Trinajstić information content (AvgIpc) is 2.09. The molecule has 1 N–H and O–H groups in total. The van der Waals surface area contributed by atoms with Crippen LogP contribution in [0.2, 0.25) is 0 Å². The first-order valence-electron chi connectivity index (χ1n) is 2.95. The van der Waals surface area contributed by atoms with Gasteiger partial charge >= 0.3 is 0 Å². The average molecular weight is 150 g/mol. The van der Waals surface area contributed by atoms with Gasteiger partial charge in [0.1, 0.15) is 0 Å². The first-order valence-corrected chi connectivity index (χ1v) is 2.95. The molecule has 1 heterocycles. The first-order chi connectivity index (χ1) is 5.38. The lowest BCUT2D eigenvalue weighted by atomic mass is 10.2. The monoisotopic (exact) mass is 150 g/mol. The van der Waals surface area contributed by atoms with Crippen molar-refractivity contribution in [3.8, 4) is 0 Å². The molecular weight excluding hydrogens is 144 g/mol. The lowest BCUT2D eigenvalue weighted by molar-refractivity contribution is -0.103. The summed E-state index contributed by atoms with van der Waals surface area (Å²) in [5.41, 5.74) is 0.748. The van der Waals surface area contributed by atoms with Crippen LogP contribution in [-0.2, 0) is 4.79 Å². The molecule has 1 aromatic rings. The zero-order valence-corrected chi connectivity index (χ0v) is 5.64. The molecule has 4 heteroatoms. The summed E-state index contributed by atoms with van der Waals surface area (Å²) < 4.78 is 0. The Morgan fingerprint density at radius 3 is 2.82 bits per heavy atom. The molecule has 0 spiro atoms. The summed E-state index contributed by atoms with van der Waals surface area (Å²) >= 11 is 0. The van der Waals surface area contributed by atoms with Gasteiger partial charge in [0.2, 0.25) is 0 Å². The number of aldehydes is 1. The minimum atomic E-state index is 0.194. The molecule has 0 fully saturated rings. The molecule has 0 saturated carbocycles. The van der Waals surface area contributed by atoms with Crippen molar-refractivity contribution in [1.82, 2.24) is 10.2 Å². The van der Waals surface area contributed by atoms with E-state index in [-0.39, 0.29) is 5.57 Å². The summed E-state index contributed by atoms with van der Waals surface area (Å²) in [6.45, 7) is 0. The predicted molar refractivity (Wildman–Crippen MR) is 38.7 cm³/mol. The second-order valence-electron chi connectivity index (χ2n) is 1.83. The first kappa shape index (κ1) is 7.40. The Morgan fingerprint density at radius 2 is 2.36 bits per heavy atom. The maximum atomic E-state index is 10.3. The van der Waals surface area contributed by atoms with Gasteiger partial charge in [0.15, 0.2) is 6.29 Å². The van der Waals surface area contributed by atoms with E-state index >= 15 is 0 Å². The number of rotatable bonds is 2. The Bertz CT molecular complexity index is 269. The molecular formula is C7H6N2O2. The molecule has 0 aliphatic carbocycles. The highest BCUT2D eigenvalue weighted by atomic mass is 16.2. The van der Waals surface area contributed by atoms with Gasteiger partial charge in [0.05, 0.1) is 24.2 Å². The number of aromatic nitrogens is 2. The molecule has 0 amide bonds. The molecule has 0 saturated heterocycles. The minimum Gasteiger partial charge on any atom is -0.515 e. The van der Waals surface area contributed by atoms with E-state index in [1.165, 1.54) is 12.4 Å². The molecule has 0 aromatic carbocycles. The summed E-state index contributed by atoms with van der Waals surface area (Å²) in [6, 6.07) is 1.59. The fourth-order valence-corrected chi connectivity index (χ4v) is 0.634. The Balaban J connectivity index is 3.01. The van der Waals surface area contributed by atoms with E-state index in [0.717, 1.165) is 6.26 Å². The van der Waals surface area contributed by atoms with Crippen LogP contribution >= 0.6 is 0 Å². The lowest BCUT2D eigenvalue weighted by Gasteiger charge is -1.93. The van der Waals surface area contributed by atoms with Crippen LogP contribution in [0.5, 0.6) is 0 Å². The third-order valence-electron chi connectivity index (χ3n) is 1.18. The molecule has 4 nitrogen and oxygen atoms in total. The largest absolute Gasteiger partial charge is 0.515 e. The zero-order valence-electron chi connectivity index (χ0n) is 5.64. The molecule has 0 aliphatic rings. The summed E-state index contributed by atoms with van der Waals surface area (Å²) in [6.07, 6.45) is 4.14. The number of aliphatic hydroxyl groups is 1. The van der Waals surface area contributed by atoms with Crippen molar-refractivity contribution >= 4 is 11.9 Å². The van der Waals surface area contributed by atoms with Gasteiger partial charge in [0, 0.05) is 5.56 Å². The topological polar surface area (TPSA) is 63.1 Å². The zero-order chi connectivity index (χ0) is 8.10. The van der Waals surface area contributed by atoms with Crippen LogP contribution < -0.4 is 0 Å². The molecule has 0 bridgehead atoms. The molecule has 11 heavy (non-hydrogen) atoms. The molecule has 56 valence electrons. The summed E-state index contributed by atoms with van der Waals surface area (Å²) in [4.78, 5) is 10.3. The fourth-order valence-electron chi connectivity index (χ4n) is 0.634. The van der Waals surface area contributed by atoms with E-state index in [9.17, 15) is 4.79 Å². The van der Waals surface area contributed by atoms with E-state index in [1.807, 2.05) is 0 Å². The van der Waals surface area contributed by atoms with Crippen molar-refractivity contribution in [1.29, 1.82) is 0 Å². The third kappa shape index (κ3) is 1.61. The highest BCUT2D eigenvalue weighted by Gasteiger charge is 1.97. The van der Waals surface area contributed by atoms with Crippen molar-refractivity contribution in [2.45, 2.75) is 0 Å². The predicted octanol–water partition coefficient (Wildman–Crippen LogP) is 0.574. The van der Waals surface area contributed by atoms with Gasteiger partial charge in [-0.1, -0.05) is 0 Å². The number of hydrogen-bond donors (Lipinski definition) is 1. The van der Waals surface area contributed by atoms with Crippen molar-refractivity contribution in [3.63, 3.8) is 0 Å². The molecule has 1 aromatic heterocycles. The summed E-state index contributed by atoms with van der Waals surface area (Å²) in [5, 5.41) is 15.6. The Hall–Kier alpha value is -1.71. The number of aliphatic hydroxyl groups excluding tert-OH is 1. The van der Waals surface area contributed by atoms with Gasteiger partial charge in [-0.2, -0.15) is 10.2 Å². The normalized spacial score (nSPS) is 11.1. The highest BCUT2D eigenvalue weighted by Crippen LogP contribution is 2.06. The van der Waals surface area contributed by atoms with Crippen molar-refractivity contribution in [2.75, 3.05) is 0 Å². The van der Waals surface area contributed by atoms with Crippen LogP contribution in [0.1, 0.15) is 5.56 Å². The molecule has 0 aliphatic heterocycles. The Morgan fingerprint density at radius 1 is 1.55 bits per heavy atom. The van der Waals surface area contributed by atoms with Gasteiger partial charge in [0.25, 0.3) is 0 Å². The van der Waals surface area contributed by atoms with Crippen LogP contribution in [0.3, 0.4) is 0 Å². The number of allylic oxidation sites excluding steroid dienone is 1. The molecule has 0 radical (unpaired) electrons. The van der Waals surface area contributed by atoms with Crippen LogP contribution in [0.15, 0.2) is 24.7 Å². The van der Waals surface area contributed by atoms with Gasteiger partial charge in [-0.15, -0.1) is 0 Å². The number of carbonyl (C=O) groups is 1. The quantitative estimate of drug-likeness (QED) is 0.380.